The van der Waals surface area contributed by atoms with Gasteiger partial charge < -0.3 is 9.52 Å². The molecule has 0 radical (unpaired) electrons. The van der Waals surface area contributed by atoms with Crippen LogP contribution in [0, 0.1) is 0 Å². The SMILES string of the molecule is CC(C)c1oc(CCl)cc(=O)c1O. The van der Waals surface area contributed by atoms with E-state index in [2.05, 4.69) is 0 Å². The first-order valence-electron chi connectivity index (χ1n) is 3.98. The van der Waals surface area contributed by atoms with Crippen molar-refractivity contribution in [2.24, 2.45) is 0 Å². The second kappa shape index (κ2) is 3.83. The zero-order valence-corrected chi connectivity index (χ0v) is 8.26. The molecule has 0 aromatic carbocycles. The quantitative estimate of drug-likeness (QED) is 0.749. The molecule has 0 aliphatic rings. The van der Waals surface area contributed by atoms with Gasteiger partial charge in [0, 0.05) is 12.0 Å². The van der Waals surface area contributed by atoms with Crippen LogP contribution >= 0.6 is 11.6 Å². The molecule has 1 N–H and O–H groups in total. The predicted octanol–water partition coefficient (Wildman–Crippen LogP) is 2.21. The van der Waals surface area contributed by atoms with Crippen LogP contribution in [0.2, 0.25) is 0 Å². The van der Waals surface area contributed by atoms with Crippen LogP contribution in [0.1, 0.15) is 31.3 Å². The molecule has 0 unspecified atom stereocenters. The summed E-state index contributed by atoms with van der Waals surface area (Å²) in [5.74, 6) is 0.464. The fourth-order valence-corrected chi connectivity index (χ4v) is 1.14. The fourth-order valence-electron chi connectivity index (χ4n) is 1.01. The number of rotatable bonds is 2. The van der Waals surface area contributed by atoms with Gasteiger partial charge in [-0.3, -0.25) is 4.79 Å². The lowest BCUT2D eigenvalue weighted by atomic mass is 10.1. The standard InChI is InChI=1S/C9H11ClO3/c1-5(2)9-8(12)7(11)3-6(4-10)13-9/h3,5,12H,4H2,1-2H3. The second-order valence-electron chi connectivity index (χ2n) is 3.08. The monoisotopic (exact) mass is 202 g/mol. The van der Waals surface area contributed by atoms with Gasteiger partial charge in [0.15, 0.2) is 5.76 Å². The van der Waals surface area contributed by atoms with Crippen molar-refractivity contribution in [2.45, 2.75) is 25.6 Å². The molecular weight excluding hydrogens is 192 g/mol. The van der Waals surface area contributed by atoms with Gasteiger partial charge in [-0.25, -0.2) is 0 Å². The number of aromatic hydroxyl groups is 1. The van der Waals surface area contributed by atoms with E-state index in [1.54, 1.807) is 0 Å². The van der Waals surface area contributed by atoms with Crippen molar-refractivity contribution >= 4 is 11.6 Å². The largest absolute Gasteiger partial charge is 0.502 e. The third-order valence-electron chi connectivity index (χ3n) is 1.66. The Bertz CT molecular complexity index is 354. The van der Waals surface area contributed by atoms with E-state index >= 15 is 0 Å². The Morgan fingerprint density at radius 3 is 2.69 bits per heavy atom. The highest BCUT2D eigenvalue weighted by Gasteiger charge is 2.13. The Morgan fingerprint density at radius 1 is 1.62 bits per heavy atom. The minimum Gasteiger partial charge on any atom is -0.502 e. The molecule has 1 aromatic heterocycles. The maximum atomic E-state index is 11.2. The molecule has 3 nitrogen and oxygen atoms in total. The summed E-state index contributed by atoms with van der Waals surface area (Å²) in [6.07, 6.45) is 0. The average molecular weight is 203 g/mol. The Hall–Kier alpha value is -0.960. The lowest BCUT2D eigenvalue weighted by Gasteiger charge is -2.07. The minimum atomic E-state index is -0.439. The van der Waals surface area contributed by atoms with Gasteiger partial charge in [-0.15, -0.1) is 11.6 Å². The Kier molecular flexibility index (Phi) is 2.98. The second-order valence-corrected chi connectivity index (χ2v) is 3.35. The van der Waals surface area contributed by atoms with E-state index in [1.165, 1.54) is 6.07 Å². The third-order valence-corrected chi connectivity index (χ3v) is 1.92. The van der Waals surface area contributed by atoms with Crippen molar-refractivity contribution in [1.82, 2.24) is 0 Å². The maximum absolute atomic E-state index is 11.2. The molecule has 1 heterocycles. The van der Waals surface area contributed by atoms with Crippen LogP contribution < -0.4 is 5.43 Å². The van der Waals surface area contributed by atoms with Gasteiger partial charge in [0.05, 0.1) is 5.88 Å². The number of hydrogen-bond donors (Lipinski definition) is 1. The van der Waals surface area contributed by atoms with Gasteiger partial charge >= 0.3 is 0 Å². The van der Waals surface area contributed by atoms with E-state index in [0.717, 1.165) is 0 Å². The molecule has 0 saturated carbocycles. The summed E-state index contributed by atoms with van der Waals surface area (Å²) in [6, 6.07) is 1.20. The van der Waals surface area contributed by atoms with Gasteiger partial charge in [0.2, 0.25) is 11.2 Å². The molecule has 0 saturated heterocycles. The Labute approximate surface area is 81.0 Å². The van der Waals surface area contributed by atoms with Gasteiger partial charge in [-0.2, -0.15) is 0 Å². The van der Waals surface area contributed by atoms with Crippen LogP contribution in [-0.2, 0) is 5.88 Å². The molecule has 72 valence electrons. The summed E-state index contributed by atoms with van der Waals surface area (Å²) >= 11 is 5.51. The Balaban J connectivity index is 3.33. The first kappa shape index (κ1) is 10.1. The van der Waals surface area contributed by atoms with E-state index in [-0.39, 0.29) is 17.5 Å². The fraction of sp³-hybridized carbons (Fsp3) is 0.444. The van der Waals surface area contributed by atoms with E-state index in [9.17, 15) is 9.90 Å². The summed E-state index contributed by atoms with van der Waals surface area (Å²) in [5.41, 5.74) is -0.439. The maximum Gasteiger partial charge on any atom is 0.227 e. The predicted molar refractivity (Wildman–Crippen MR) is 50.3 cm³/mol. The molecule has 0 aliphatic heterocycles. The first-order valence-corrected chi connectivity index (χ1v) is 4.51. The van der Waals surface area contributed by atoms with Crippen molar-refractivity contribution in [3.63, 3.8) is 0 Å². The summed E-state index contributed by atoms with van der Waals surface area (Å²) in [5, 5.41) is 9.34. The molecule has 4 heteroatoms. The lowest BCUT2D eigenvalue weighted by Crippen LogP contribution is -2.04. The van der Waals surface area contributed by atoms with Crippen molar-refractivity contribution in [3.05, 3.63) is 27.8 Å². The summed E-state index contributed by atoms with van der Waals surface area (Å²) < 4.78 is 5.22. The first-order chi connectivity index (χ1) is 6.06. The van der Waals surface area contributed by atoms with Crippen molar-refractivity contribution in [3.8, 4) is 5.75 Å². The summed E-state index contributed by atoms with van der Waals surface area (Å²) in [6.45, 7) is 3.66. The van der Waals surface area contributed by atoms with Crippen LogP contribution in [0.15, 0.2) is 15.3 Å². The highest BCUT2D eigenvalue weighted by atomic mass is 35.5. The molecule has 0 bridgehead atoms. The van der Waals surface area contributed by atoms with E-state index in [4.69, 9.17) is 16.0 Å². The van der Waals surface area contributed by atoms with Crippen molar-refractivity contribution in [1.29, 1.82) is 0 Å². The molecule has 0 atom stereocenters. The van der Waals surface area contributed by atoms with Crippen LogP contribution in [0.3, 0.4) is 0 Å². The third kappa shape index (κ3) is 2.04. The minimum absolute atomic E-state index is 0.0316. The molecule has 0 aliphatic carbocycles. The zero-order valence-electron chi connectivity index (χ0n) is 7.50. The molecule has 1 aromatic rings. The number of hydrogen-bond acceptors (Lipinski definition) is 3. The zero-order chi connectivity index (χ0) is 10.0. The van der Waals surface area contributed by atoms with Crippen LogP contribution in [0.4, 0.5) is 0 Å². The average Bonchev–Trinajstić information content (AvgIpc) is 2.09. The van der Waals surface area contributed by atoms with Gasteiger partial charge in [-0.1, -0.05) is 13.8 Å². The number of alkyl halides is 1. The normalized spacial score (nSPS) is 10.8. The Morgan fingerprint density at radius 2 is 2.23 bits per heavy atom. The smallest absolute Gasteiger partial charge is 0.227 e. The highest BCUT2D eigenvalue weighted by molar-refractivity contribution is 6.16. The van der Waals surface area contributed by atoms with Crippen LogP contribution in [-0.4, -0.2) is 5.11 Å². The lowest BCUT2D eigenvalue weighted by molar-refractivity contribution is 0.375. The number of halogens is 1. The van der Waals surface area contributed by atoms with E-state index in [0.29, 0.717) is 11.5 Å². The highest BCUT2D eigenvalue weighted by Crippen LogP contribution is 2.23. The summed E-state index contributed by atoms with van der Waals surface area (Å²) in [7, 11) is 0. The van der Waals surface area contributed by atoms with Crippen molar-refractivity contribution < 1.29 is 9.52 Å². The molecule has 0 fully saturated rings. The summed E-state index contributed by atoms with van der Waals surface area (Å²) in [4.78, 5) is 11.2. The topological polar surface area (TPSA) is 50.4 Å². The van der Waals surface area contributed by atoms with Gasteiger partial charge in [-0.05, 0) is 0 Å². The molecule has 1 rings (SSSR count). The van der Waals surface area contributed by atoms with Crippen molar-refractivity contribution in [2.75, 3.05) is 0 Å². The van der Waals surface area contributed by atoms with E-state index < -0.39 is 5.43 Å². The van der Waals surface area contributed by atoms with Gasteiger partial charge in [0.1, 0.15) is 5.76 Å². The molecular formula is C9H11ClO3. The van der Waals surface area contributed by atoms with Gasteiger partial charge in [0.25, 0.3) is 0 Å². The molecule has 0 amide bonds. The van der Waals surface area contributed by atoms with E-state index in [1.807, 2.05) is 13.8 Å². The van der Waals surface area contributed by atoms with Crippen LogP contribution in [0.25, 0.3) is 0 Å². The molecule has 0 spiro atoms. The van der Waals surface area contributed by atoms with Crippen LogP contribution in [0.5, 0.6) is 5.75 Å². The molecule has 13 heavy (non-hydrogen) atoms.